The second-order valence-corrected chi connectivity index (χ2v) is 11.3. The van der Waals surface area contributed by atoms with E-state index in [2.05, 4.69) is 14.9 Å². The summed E-state index contributed by atoms with van der Waals surface area (Å²) in [5.41, 5.74) is -0.493. The number of ether oxygens (including phenoxy) is 1. The van der Waals surface area contributed by atoms with Gasteiger partial charge >= 0.3 is 0 Å². The van der Waals surface area contributed by atoms with Gasteiger partial charge in [-0.1, -0.05) is 17.7 Å². The number of carbonyl (C=O) groups excluding carboxylic acids is 1. The van der Waals surface area contributed by atoms with Crippen LogP contribution in [-0.4, -0.2) is 64.3 Å². The van der Waals surface area contributed by atoms with E-state index in [-0.39, 0.29) is 12.3 Å². The number of halogens is 2. The predicted molar refractivity (Wildman–Crippen MR) is 136 cm³/mol. The van der Waals surface area contributed by atoms with Gasteiger partial charge in [-0.05, 0) is 68.4 Å². The van der Waals surface area contributed by atoms with Crippen molar-refractivity contribution in [3.8, 4) is 5.75 Å². The van der Waals surface area contributed by atoms with Gasteiger partial charge in [-0.2, -0.15) is 0 Å². The number of likely N-dealkylation sites (tertiary alicyclic amines) is 1. The van der Waals surface area contributed by atoms with Crippen LogP contribution in [0.2, 0.25) is 5.02 Å². The summed E-state index contributed by atoms with van der Waals surface area (Å²) in [4.78, 5) is 25.0. The Morgan fingerprint density at radius 2 is 2.00 bits per heavy atom. The van der Waals surface area contributed by atoms with Gasteiger partial charge < -0.3 is 19.6 Å². The van der Waals surface area contributed by atoms with Crippen molar-refractivity contribution in [2.75, 3.05) is 37.7 Å². The SMILES string of the molecule is CC1(O)CCN(C(=O)Cc2ccc(OCC[C@H]3C[C@H]3C3CCN(c4ncc(Cl)cn4)CC3)cc2F)C1. The smallest absolute Gasteiger partial charge is 0.227 e. The van der Waals surface area contributed by atoms with E-state index in [9.17, 15) is 14.3 Å². The number of hydrogen-bond acceptors (Lipinski definition) is 6. The Morgan fingerprint density at radius 3 is 2.67 bits per heavy atom. The number of rotatable bonds is 8. The lowest BCUT2D eigenvalue weighted by Crippen LogP contribution is -2.35. The average Bonchev–Trinajstić information content (AvgIpc) is 3.54. The monoisotopic (exact) mass is 516 g/mol. The first-order valence-electron chi connectivity index (χ1n) is 12.9. The standard InChI is InChI=1S/C27H34ClFN4O3/c1-27(35)7-10-33(17-27)25(34)13-20-2-3-22(14-24(20)29)36-11-6-19-12-23(19)18-4-8-32(9-5-18)26-30-15-21(28)16-31-26/h2-3,14-16,18-19,23,35H,4-13,17H2,1H3/t19-,23-,27?/m0/s1. The van der Waals surface area contributed by atoms with E-state index in [0.29, 0.717) is 48.4 Å². The maximum Gasteiger partial charge on any atom is 0.227 e. The largest absolute Gasteiger partial charge is 0.493 e. The number of carbonyl (C=O) groups is 1. The Bertz CT molecular complexity index is 1080. The van der Waals surface area contributed by atoms with Gasteiger partial charge in [0.1, 0.15) is 11.6 Å². The summed E-state index contributed by atoms with van der Waals surface area (Å²) < 4.78 is 20.4. The minimum Gasteiger partial charge on any atom is -0.493 e. The van der Waals surface area contributed by atoms with E-state index in [4.69, 9.17) is 16.3 Å². The van der Waals surface area contributed by atoms with Crippen LogP contribution in [0.25, 0.3) is 0 Å². The Hall–Kier alpha value is -2.45. The number of benzene rings is 1. The zero-order chi connectivity index (χ0) is 25.3. The summed E-state index contributed by atoms with van der Waals surface area (Å²) in [6, 6.07) is 4.75. The van der Waals surface area contributed by atoms with Crippen LogP contribution in [0, 0.1) is 23.6 Å². The fraction of sp³-hybridized carbons (Fsp3) is 0.593. The third-order valence-corrected chi connectivity index (χ3v) is 8.14. The molecule has 1 amide bonds. The first kappa shape index (κ1) is 25.2. The molecule has 1 aliphatic carbocycles. The number of amides is 1. The molecule has 1 aromatic carbocycles. The fourth-order valence-corrected chi connectivity index (χ4v) is 5.80. The van der Waals surface area contributed by atoms with Crippen molar-refractivity contribution in [3.63, 3.8) is 0 Å². The van der Waals surface area contributed by atoms with Gasteiger partial charge in [0.2, 0.25) is 11.9 Å². The Labute approximate surface area is 216 Å². The average molecular weight is 517 g/mol. The van der Waals surface area contributed by atoms with Crippen LogP contribution in [0.1, 0.15) is 44.6 Å². The molecule has 2 aliphatic heterocycles. The zero-order valence-electron chi connectivity index (χ0n) is 20.7. The molecule has 3 aliphatic rings. The van der Waals surface area contributed by atoms with E-state index in [1.54, 1.807) is 36.4 Å². The van der Waals surface area contributed by atoms with Crippen LogP contribution < -0.4 is 9.64 Å². The summed E-state index contributed by atoms with van der Waals surface area (Å²) in [7, 11) is 0. The third-order valence-electron chi connectivity index (χ3n) is 7.94. The molecule has 0 radical (unpaired) electrons. The number of aliphatic hydroxyl groups is 1. The molecule has 2 aromatic rings. The minimum absolute atomic E-state index is 0.00505. The van der Waals surface area contributed by atoms with Crippen LogP contribution in [0.3, 0.4) is 0 Å². The van der Waals surface area contributed by atoms with E-state index < -0.39 is 11.4 Å². The van der Waals surface area contributed by atoms with Crippen molar-refractivity contribution in [2.24, 2.45) is 17.8 Å². The van der Waals surface area contributed by atoms with Crippen LogP contribution in [-0.2, 0) is 11.2 Å². The van der Waals surface area contributed by atoms with Gasteiger partial charge in [-0.3, -0.25) is 4.79 Å². The Morgan fingerprint density at radius 1 is 1.25 bits per heavy atom. The van der Waals surface area contributed by atoms with Gasteiger partial charge in [-0.15, -0.1) is 0 Å². The highest BCUT2D eigenvalue weighted by Gasteiger charge is 2.43. The van der Waals surface area contributed by atoms with E-state index in [0.717, 1.165) is 50.1 Å². The Kier molecular flexibility index (Phi) is 7.35. The summed E-state index contributed by atoms with van der Waals surface area (Å²) in [6.45, 7) is 5.03. The van der Waals surface area contributed by atoms with Crippen molar-refractivity contribution >= 4 is 23.5 Å². The van der Waals surface area contributed by atoms with Crippen LogP contribution in [0.15, 0.2) is 30.6 Å². The van der Waals surface area contributed by atoms with Gasteiger partial charge in [0.25, 0.3) is 0 Å². The number of β-amino-alcohol motifs (C(OH)–C–C–N with tert-alkyl or cyclic N) is 1. The topological polar surface area (TPSA) is 78.8 Å². The summed E-state index contributed by atoms with van der Waals surface area (Å²) in [5.74, 6) is 2.82. The first-order chi connectivity index (χ1) is 17.3. The number of aromatic nitrogens is 2. The van der Waals surface area contributed by atoms with Crippen molar-refractivity contribution in [2.45, 2.75) is 51.0 Å². The zero-order valence-corrected chi connectivity index (χ0v) is 21.5. The maximum atomic E-state index is 14.6. The normalized spacial score (nSPS) is 26.3. The third kappa shape index (κ3) is 6.09. The molecule has 5 rings (SSSR count). The van der Waals surface area contributed by atoms with Crippen LogP contribution in [0.5, 0.6) is 5.75 Å². The molecule has 0 spiro atoms. The molecule has 3 heterocycles. The molecule has 0 bridgehead atoms. The summed E-state index contributed by atoms with van der Waals surface area (Å²) >= 11 is 5.89. The molecule has 1 saturated carbocycles. The van der Waals surface area contributed by atoms with Gasteiger partial charge in [0.05, 0.1) is 36.0 Å². The van der Waals surface area contributed by atoms with E-state index >= 15 is 0 Å². The predicted octanol–water partition coefficient (Wildman–Crippen LogP) is 4.12. The molecule has 194 valence electrons. The highest BCUT2D eigenvalue weighted by atomic mass is 35.5. The molecular weight excluding hydrogens is 483 g/mol. The van der Waals surface area contributed by atoms with Gasteiger partial charge in [0, 0.05) is 32.2 Å². The quantitative estimate of drug-likeness (QED) is 0.568. The van der Waals surface area contributed by atoms with Crippen LogP contribution >= 0.6 is 11.6 Å². The minimum atomic E-state index is -0.851. The Balaban J connectivity index is 1.02. The van der Waals surface area contributed by atoms with Crippen molar-refractivity contribution < 1.29 is 19.0 Å². The molecule has 9 heteroatoms. The first-order valence-corrected chi connectivity index (χ1v) is 13.3. The lowest BCUT2D eigenvalue weighted by molar-refractivity contribution is -0.130. The van der Waals surface area contributed by atoms with Gasteiger partial charge in [-0.25, -0.2) is 14.4 Å². The highest BCUT2D eigenvalue weighted by molar-refractivity contribution is 6.30. The number of anilines is 1. The second kappa shape index (κ2) is 10.5. The summed E-state index contributed by atoms with van der Waals surface area (Å²) in [5, 5.41) is 10.6. The molecule has 1 unspecified atom stereocenters. The fourth-order valence-electron chi connectivity index (χ4n) is 5.70. The van der Waals surface area contributed by atoms with E-state index in [1.807, 2.05) is 0 Å². The molecular formula is C27H34ClFN4O3. The molecule has 36 heavy (non-hydrogen) atoms. The van der Waals surface area contributed by atoms with Crippen LogP contribution in [0.4, 0.5) is 10.3 Å². The number of hydrogen-bond donors (Lipinski definition) is 1. The van der Waals surface area contributed by atoms with Gasteiger partial charge in [0.15, 0.2) is 0 Å². The molecule has 2 saturated heterocycles. The van der Waals surface area contributed by atoms with Crippen molar-refractivity contribution in [3.05, 3.63) is 47.0 Å². The highest BCUT2D eigenvalue weighted by Crippen LogP contribution is 2.49. The number of nitrogens with zero attached hydrogens (tertiary/aromatic N) is 4. The second-order valence-electron chi connectivity index (χ2n) is 10.8. The lowest BCUT2D eigenvalue weighted by Gasteiger charge is -2.32. The summed E-state index contributed by atoms with van der Waals surface area (Å²) in [6.07, 6.45) is 8.34. The maximum absolute atomic E-state index is 14.6. The molecule has 3 fully saturated rings. The molecule has 1 aromatic heterocycles. The van der Waals surface area contributed by atoms with Crippen molar-refractivity contribution in [1.29, 1.82) is 0 Å². The number of piperidine rings is 1. The molecule has 1 N–H and O–H groups in total. The lowest BCUT2D eigenvalue weighted by atomic mass is 9.90. The molecule has 7 nitrogen and oxygen atoms in total. The molecule has 3 atom stereocenters. The van der Waals surface area contributed by atoms with E-state index in [1.165, 1.54) is 12.5 Å². The van der Waals surface area contributed by atoms with Crippen molar-refractivity contribution in [1.82, 2.24) is 14.9 Å².